The highest BCUT2D eigenvalue weighted by Crippen LogP contribution is 1.99. The van der Waals surface area contributed by atoms with Crippen LogP contribution in [0.15, 0.2) is 29.4 Å². The third kappa shape index (κ3) is 3.49. The molecule has 5 heteroatoms. The van der Waals surface area contributed by atoms with E-state index < -0.39 is 0 Å². The van der Waals surface area contributed by atoms with Crippen LogP contribution in [0.1, 0.15) is 5.56 Å². The summed E-state index contributed by atoms with van der Waals surface area (Å²) < 4.78 is 12.7. The summed E-state index contributed by atoms with van der Waals surface area (Å²) in [6.45, 7) is 0. The standard InChI is InChI=1S/C9H10FN3S/c1-11-9(14)13-12-6-7-3-2-4-8(10)5-7/h2-6H,1H3,(H2,11,13,14). The SMILES string of the molecule is CNC(=S)NN=Cc1cccc(F)c1. The molecule has 0 atom stereocenters. The molecule has 0 aliphatic rings. The number of hydrogen-bond donors (Lipinski definition) is 2. The molecule has 0 spiro atoms. The lowest BCUT2D eigenvalue weighted by Gasteiger charge is -1.99. The van der Waals surface area contributed by atoms with Gasteiger partial charge in [0, 0.05) is 7.05 Å². The fraction of sp³-hybridized carbons (Fsp3) is 0.111. The van der Waals surface area contributed by atoms with Crippen molar-refractivity contribution in [3.05, 3.63) is 35.6 Å². The molecule has 0 unspecified atom stereocenters. The van der Waals surface area contributed by atoms with Crippen LogP contribution in [-0.2, 0) is 0 Å². The summed E-state index contributed by atoms with van der Waals surface area (Å²) in [5.41, 5.74) is 3.24. The monoisotopic (exact) mass is 211 g/mol. The molecular weight excluding hydrogens is 201 g/mol. The van der Waals surface area contributed by atoms with E-state index in [-0.39, 0.29) is 5.82 Å². The molecule has 0 heterocycles. The van der Waals surface area contributed by atoms with E-state index in [0.29, 0.717) is 10.7 Å². The molecule has 0 radical (unpaired) electrons. The van der Waals surface area contributed by atoms with Crippen molar-refractivity contribution in [3.63, 3.8) is 0 Å². The average molecular weight is 211 g/mol. The second-order valence-electron chi connectivity index (χ2n) is 2.50. The molecule has 0 fully saturated rings. The maximum absolute atomic E-state index is 12.7. The first-order chi connectivity index (χ1) is 6.72. The van der Waals surface area contributed by atoms with Gasteiger partial charge in [-0.3, -0.25) is 5.43 Å². The quantitative estimate of drug-likeness (QED) is 0.439. The highest BCUT2D eigenvalue weighted by atomic mass is 32.1. The Morgan fingerprint density at radius 3 is 3.00 bits per heavy atom. The number of hydrogen-bond acceptors (Lipinski definition) is 2. The van der Waals surface area contributed by atoms with Crippen molar-refractivity contribution in [1.29, 1.82) is 0 Å². The van der Waals surface area contributed by atoms with E-state index in [1.54, 1.807) is 19.2 Å². The fourth-order valence-electron chi connectivity index (χ4n) is 0.808. The molecule has 74 valence electrons. The summed E-state index contributed by atoms with van der Waals surface area (Å²) in [5, 5.41) is 6.92. The Morgan fingerprint density at radius 1 is 1.57 bits per heavy atom. The molecule has 0 bridgehead atoms. The van der Waals surface area contributed by atoms with Gasteiger partial charge in [-0.15, -0.1) is 0 Å². The number of halogens is 1. The molecule has 2 N–H and O–H groups in total. The first-order valence-corrected chi connectivity index (χ1v) is 4.39. The van der Waals surface area contributed by atoms with Crippen LogP contribution in [0, 0.1) is 5.82 Å². The molecule has 1 aromatic rings. The molecule has 14 heavy (non-hydrogen) atoms. The highest BCUT2D eigenvalue weighted by Gasteiger charge is 1.90. The maximum Gasteiger partial charge on any atom is 0.186 e. The number of nitrogens with one attached hydrogen (secondary N) is 2. The fourth-order valence-corrected chi connectivity index (χ4v) is 0.861. The van der Waals surface area contributed by atoms with Crippen molar-refractivity contribution in [3.8, 4) is 0 Å². The first-order valence-electron chi connectivity index (χ1n) is 3.98. The van der Waals surface area contributed by atoms with E-state index in [2.05, 4.69) is 15.8 Å². The molecule has 0 saturated heterocycles. The van der Waals surface area contributed by atoms with Crippen LogP contribution in [0.2, 0.25) is 0 Å². The number of rotatable bonds is 2. The summed E-state index contributed by atoms with van der Waals surface area (Å²) in [4.78, 5) is 0. The lowest BCUT2D eigenvalue weighted by Crippen LogP contribution is -2.28. The zero-order chi connectivity index (χ0) is 10.4. The van der Waals surface area contributed by atoms with Crippen LogP contribution in [0.25, 0.3) is 0 Å². The van der Waals surface area contributed by atoms with Crippen molar-refractivity contribution >= 4 is 23.5 Å². The van der Waals surface area contributed by atoms with Crippen molar-refractivity contribution in [2.24, 2.45) is 5.10 Å². The van der Waals surface area contributed by atoms with Crippen molar-refractivity contribution in [1.82, 2.24) is 10.7 Å². The van der Waals surface area contributed by atoms with Gasteiger partial charge in [-0.2, -0.15) is 5.10 Å². The van der Waals surface area contributed by atoms with Crippen LogP contribution < -0.4 is 10.7 Å². The smallest absolute Gasteiger partial charge is 0.186 e. The summed E-state index contributed by atoms with van der Waals surface area (Å²) in [7, 11) is 1.69. The van der Waals surface area contributed by atoms with Gasteiger partial charge in [-0.05, 0) is 29.9 Å². The molecule has 1 rings (SSSR count). The van der Waals surface area contributed by atoms with Crippen LogP contribution >= 0.6 is 12.2 Å². The predicted molar refractivity (Wildman–Crippen MR) is 58.8 cm³/mol. The van der Waals surface area contributed by atoms with Crippen LogP contribution in [0.3, 0.4) is 0 Å². The first kappa shape index (κ1) is 10.6. The largest absolute Gasteiger partial charge is 0.364 e. The van der Waals surface area contributed by atoms with Crippen LogP contribution in [0.5, 0.6) is 0 Å². The van der Waals surface area contributed by atoms with E-state index in [4.69, 9.17) is 12.2 Å². The van der Waals surface area contributed by atoms with Gasteiger partial charge < -0.3 is 5.32 Å². The van der Waals surface area contributed by atoms with E-state index in [1.165, 1.54) is 18.3 Å². The Kier molecular flexibility index (Phi) is 4.00. The molecule has 0 saturated carbocycles. The summed E-state index contributed by atoms with van der Waals surface area (Å²) in [6, 6.07) is 6.13. The second-order valence-corrected chi connectivity index (χ2v) is 2.91. The topological polar surface area (TPSA) is 36.4 Å². The minimum absolute atomic E-state index is 0.287. The Morgan fingerprint density at radius 2 is 2.36 bits per heavy atom. The normalized spacial score (nSPS) is 10.1. The molecule has 1 aromatic carbocycles. The molecule has 0 aromatic heterocycles. The molecule has 0 amide bonds. The minimum Gasteiger partial charge on any atom is -0.364 e. The average Bonchev–Trinajstić information content (AvgIpc) is 2.17. The minimum atomic E-state index is -0.287. The van der Waals surface area contributed by atoms with Crippen LogP contribution in [-0.4, -0.2) is 18.4 Å². The Hall–Kier alpha value is -1.49. The Bertz CT molecular complexity index is 352. The van der Waals surface area contributed by atoms with E-state index >= 15 is 0 Å². The summed E-state index contributed by atoms with van der Waals surface area (Å²) >= 11 is 4.79. The van der Waals surface area contributed by atoms with E-state index in [0.717, 1.165) is 0 Å². The second kappa shape index (κ2) is 5.29. The van der Waals surface area contributed by atoms with Crippen molar-refractivity contribution in [2.75, 3.05) is 7.05 Å². The summed E-state index contributed by atoms with van der Waals surface area (Å²) in [5.74, 6) is -0.287. The predicted octanol–water partition coefficient (Wildman–Crippen LogP) is 1.25. The molecule has 3 nitrogen and oxygen atoms in total. The summed E-state index contributed by atoms with van der Waals surface area (Å²) in [6.07, 6.45) is 1.49. The van der Waals surface area contributed by atoms with Crippen LogP contribution in [0.4, 0.5) is 4.39 Å². The van der Waals surface area contributed by atoms with Gasteiger partial charge >= 0.3 is 0 Å². The highest BCUT2D eigenvalue weighted by molar-refractivity contribution is 7.80. The Labute approximate surface area is 87.0 Å². The zero-order valence-electron chi connectivity index (χ0n) is 7.62. The molecule has 0 aliphatic heterocycles. The van der Waals surface area contributed by atoms with Gasteiger partial charge in [0.05, 0.1) is 6.21 Å². The lowest BCUT2D eigenvalue weighted by atomic mass is 10.2. The van der Waals surface area contributed by atoms with Crippen molar-refractivity contribution < 1.29 is 4.39 Å². The third-order valence-corrected chi connectivity index (χ3v) is 1.75. The van der Waals surface area contributed by atoms with Gasteiger partial charge in [0.15, 0.2) is 5.11 Å². The van der Waals surface area contributed by atoms with Gasteiger partial charge in [0.2, 0.25) is 0 Å². The number of benzene rings is 1. The Balaban J connectivity index is 2.56. The van der Waals surface area contributed by atoms with Gasteiger partial charge in [-0.25, -0.2) is 4.39 Å². The van der Waals surface area contributed by atoms with E-state index in [9.17, 15) is 4.39 Å². The van der Waals surface area contributed by atoms with Gasteiger partial charge in [0.25, 0.3) is 0 Å². The maximum atomic E-state index is 12.7. The van der Waals surface area contributed by atoms with Gasteiger partial charge in [-0.1, -0.05) is 12.1 Å². The van der Waals surface area contributed by atoms with Gasteiger partial charge in [0.1, 0.15) is 5.82 Å². The lowest BCUT2D eigenvalue weighted by molar-refractivity contribution is 0.627. The van der Waals surface area contributed by atoms with E-state index in [1.807, 2.05) is 0 Å². The number of hydrazone groups is 1. The number of thiocarbonyl (C=S) groups is 1. The zero-order valence-corrected chi connectivity index (χ0v) is 8.44. The molecular formula is C9H10FN3S. The molecule has 0 aliphatic carbocycles. The van der Waals surface area contributed by atoms with Crippen molar-refractivity contribution in [2.45, 2.75) is 0 Å². The third-order valence-electron chi connectivity index (χ3n) is 1.46. The number of nitrogens with zero attached hydrogens (tertiary/aromatic N) is 1.